The average molecular weight is 714 g/mol. The van der Waals surface area contributed by atoms with Crippen LogP contribution in [0.1, 0.15) is 0 Å². The van der Waals surface area contributed by atoms with Gasteiger partial charge >= 0.3 is 0 Å². The minimum Gasteiger partial charge on any atom is -0.208 e. The molecule has 10 aromatic rings. The third-order valence-electron chi connectivity index (χ3n) is 10.6. The molecule has 0 spiro atoms. The fourth-order valence-corrected chi connectivity index (χ4v) is 7.74. The van der Waals surface area contributed by atoms with Gasteiger partial charge in [-0.3, -0.25) is 0 Å². The summed E-state index contributed by atoms with van der Waals surface area (Å²) in [6.07, 6.45) is 0. The molecule has 0 fully saturated rings. The quantitative estimate of drug-likeness (QED) is 0.165. The molecule has 1 heterocycles. The van der Waals surface area contributed by atoms with E-state index >= 15 is 0 Å². The summed E-state index contributed by atoms with van der Waals surface area (Å²) in [6, 6.07) is 74.8. The van der Waals surface area contributed by atoms with Crippen LogP contribution in [-0.4, -0.2) is 15.0 Å². The SMILES string of the molecule is c1ccc(-c2ccc(-c3nc(-c4cccc(-c5ccc(-c6cccc7ccccc67)cc5-c5ccccc5)c4)nc(-c4cccc5ccccc45)n3)cc2)cc1. The second-order valence-corrected chi connectivity index (χ2v) is 14.0. The highest BCUT2D eigenvalue weighted by Gasteiger charge is 2.17. The predicted molar refractivity (Wildman–Crippen MR) is 233 cm³/mol. The molecule has 262 valence electrons. The van der Waals surface area contributed by atoms with Crippen molar-refractivity contribution in [2.24, 2.45) is 0 Å². The molecule has 0 radical (unpaired) electrons. The molecule has 0 saturated heterocycles. The Bertz CT molecular complexity index is 3000. The summed E-state index contributed by atoms with van der Waals surface area (Å²) in [5.74, 6) is 1.90. The third-order valence-corrected chi connectivity index (χ3v) is 10.6. The number of benzene rings is 9. The average Bonchev–Trinajstić information content (AvgIpc) is 3.29. The Morgan fingerprint density at radius 3 is 1.38 bits per heavy atom. The molecule has 1 aromatic heterocycles. The predicted octanol–water partition coefficient (Wildman–Crippen LogP) is 13.8. The van der Waals surface area contributed by atoms with Crippen molar-refractivity contribution in [1.82, 2.24) is 15.0 Å². The van der Waals surface area contributed by atoms with Gasteiger partial charge in [-0.25, -0.2) is 15.0 Å². The van der Waals surface area contributed by atoms with Gasteiger partial charge in [0.25, 0.3) is 0 Å². The third kappa shape index (κ3) is 6.31. The van der Waals surface area contributed by atoms with Gasteiger partial charge in [-0.15, -0.1) is 0 Å². The van der Waals surface area contributed by atoms with Gasteiger partial charge < -0.3 is 0 Å². The van der Waals surface area contributed by atoms with Gasteiger partial charge in [0, 0.05) is 16.7 Å². The molecule has 3 nitrogen and oxygen atoms in total. The summed E-state index contributed by atoms with van der Waals surface area (Å²) < 4.78 is 0. The molecule has 3 heteroatoms. The first-order chi connectivity index (χ1) is 27.7. The minimum absolute atomic E-state index is 0.626. The Hall–Kier alpha value is -7.49. The number of hydrogen-bond acceptors (Lipinski definition) is 3. The van der Waals surface area contributed by atoms with Crippen LogP contribution in [0.3, 0.4) is 0 Å². The van der Waals surface area contributed by atoms with Crippen LogP contribution < -0.4 is 0 Å². The van der Waals surface area contributed by atoms with Crippen molar-refractivity contribution in [1.29, 1.82) is 0 Å². The summed E-state index contributed by atoms with van der Waals surface area (Å²) in [5.41, 5.74) is 12.1. The first-order valence-electron chi connectivity index (χ1n) is 18.9. The van der Waals surface area contributed by atoms with Gasteiger partial charge in [-0.05, 0) is 78.2 Å². The molecule has 0 amide bonds. The van der Waals surface area contributed by atoms with Crippen LogP contribution in [0, 0.1) is 0 Å². The van der Waals surface area contributed by atoms with Crippen molar-refractivity contribution in [3.05, 3.63) is 212 Å². The fourth-order valence-electron chi connectivity index (χ4n) is 7.74. The maximum Gasteiger partial charge on any atom is 0.164 e. The monoisotopic (exact) mass is 713 g/mol. The molecular formula is C53H35N3. The Morgan fingerprint density at radius 2 is 0.661 bits per heavy atom. The zero-order valence-corrected chi connectivity index (χ0v) is 30.5. The highest BCUT2D eigenvalue weighted by Crippen LogP contribution is 2.39. The van der Waals surface area contributed by atoms with E-state index in [9.17, 15) is 0 Å². The van der Waals surface area contributed by atoms with Crippen LogP contribution >= 0.6 is 0 Å². The van der Waals surface area contributed by atoms with E-state index in [4.69, 9.17) is 15.0 Å². The van der Waals surface area contributed by atoms with Crippen LogP contribution in [0.5, 0.6) is 0 Å². The smallest absolute Gasteiger partial charge is 0.164 e. The summed E-state index contributed by atoms with van der Waals surface area (Å²) in [7, 11) is 0. The minimum atomic E-state index is 0.626. The van der Waals surface area contributed by atoms with E-state index in [0.717, 1.165) is 49.7 Å². The maximum absolute atomic E-state index is 5.19. The van der Waals surface area contributed by atoms with Crippen LogP contribution in [0.25, 0.3) is 100 Å². The lowest BCUT2D eigenvalue weighted by Crippen LogP contribution is -2.01. The van der Waals surface area contributed by atoms with Gasteiger partial charge in [0.2, 0.25) is 0 Å². The molecule has 9 aromatic carbocycles. The van der Waals surface area contributed by atoms with Crippen molar-refractivity contribution >= 4 is 21.5 Å². The number of fused-ring (bicyclic) bond motifs is 2. The van der Waals surface area contributed by atoms with Crippen molar-refractivity contribution in [2.75, 3.05) is 0 Å². The molecule has 0 saturated carbocycles. The van der Waals surface area contributed by atoms with E-state index < -0.39 is 0 Å². The van der Waals surface area contributed by atoms with Crippen LogP contribution in [0.15, 0.2) is 212 Å². The Kier molecular flexibility index (Phi) is 8.51. The van der Waals surface area contributed by atoms with Crippen LogP contribution in [0.2, 0.25) is 0 Å². The number of nitrogens with zero attached hydrogens (tertiary/aromatic N) is 3. The Balaban J connectivity index is 1.12. The lowest BCUT2D eigenvalue weighted by molar-refractivity contribution is 1.08. The fraction of sp³-hybridized carbons (Fsp3) is 0. The van der Waals surface area contributed by atoms with E-state index in [2.05, 4.69) is 206 Å². The molecule has 56 heavy (non-hydrogen) atoms. The van der Waals surface area contributed by atoms with Crippen LogP contribution in [-0.2, 0) is 0 Å². The van der Waals surface area contributed by atoms with Gasteiger partial charge in [0.05, 0.1) is 0 Å². The second-order valence-electron chi connectivity index (χ2n) is 14.0. The Labute approximate surface area is 326 Å². The van der Waals surface area contributed by atoms with E-state index in [1.54, 1.807) is 0 Å². The normalized spacial score (nSPS) is 11.2. The van der Waals surface area contributed by atoms with E-state index in [1.165, 1.54) is 33.0 Å². The van der Waals surface area contributed by atoms with Crippen LogP contribution in [0.4, 0.5) is 0 Å². The summed E-state index contributed by atoms with van der Waals surface area (Å²) in [5, 5.41) is 4.72. The van der Waals surface area contributed by atoms with Gasteiger partial charge in [-0.2, -0.15) is 0 Å². The lowest BCUT2D eigenvalue weighted by Gasteiger charge is -2.15. The molecule has 10 rings (SSSR count). The summed E-state index contributed by atoms with van der Waals surface area (Å²) >= 11 is 0. The zero-order chi connectivity index (χ0) is 37.3. The Morgan fingerprint density at radius 1 is 0.214 bits per heavy atom. The van der Waals surface area contributed by atoms with Gasteiger partial charge in [0.15, 0.2) is 17.5 Å². The van der Waals surface area contributed by atoms with Crippen molar-refractivity contribution in [3.63, 3.8) is 0 Å². The molecule has 0 bridgehead atoms. The molecule has 0 unspecified atom stereocenters. The highest BCUT2D eigenvalue weighted by atomic mass is 15.0. The van der Waals surface area contributed by atoms with Gasteiger partial charge in [0.1, 0.15) is 0 Å². The molecule has 0 N–H and O–H groups in total. The first-order valence-corrected chi connectivity index (χ1v) is 18.9. The number of hydrogen-bond donors (Lipinski definition) is 0. The van der Waals surface area contributed by atoms with E-state index in [1.807, 2.05) is 6.07 Å². The highest BCUT2D eigenvalue weighted by molar-refractivity contribution is 5.99. The molecule has 0 aliphatic carbocycles. The molecule has 0 aliphatic rings. The van der Waals surface area contributed by atoms with E-state index in [0.29, 0.717) is 17.5 Å². The summed E-state index contributed by atoms with van der Waals surface area (Å²) in [6.45, 7) is 0. The largest absolute Gasteiger partial charge is 0.208 e. The van der Waals surface area contributed by atoms with Gasteiger partial charge in [-0.1, -0.05) is 200 Å². The van der Waals surface area contributed by atoms with Crippen molar-refractivity contribution < 1.29 is 0 Å². The second kappa shape index (κ2) is 14.4. The van der Waals surface area contributed by atoms with Crippen molar-refractivity contribution in [3.8, 4) is 78.7 Å². The number of aromatic nitrogens is 3. The first kappa shape index (κ1) is 33.1. The molecular weight excluding hydrogens is 679 g/mol. The number of rotatable bonds is 7. The topological polar surface area (TPSA) is 38.7 Å². The lowest BCUT2D eigenvalue weighted by atomic mass is 9.89. The van der Waals surface area contributed by atoms with E-state index in [-0.39, 0.29) is 0 Å². The summed E-state index contributed by atoms with van der Waals surface area (Å²) in [4.78, 5) is 15.5. The maximum atomic E-state index is 5.19. The van der Waals surface area contributed by atoms with Crippen molar-refractivity contribution in [2.45, 2.75) is 0 Å². The molecule has 0 aliphatic heterocycles. The molecule has 0 atom stereocenters. The zero-order valence-electron chi connectivity index (χ0n) is 30.5. The standard InChI is InChI=1S/C53H35N3/c1-3-14-36(15-4-1)37-28-30-41(31-29-37)51-54-52(56-53(55-51)49-27-13-21-39-19-8-10-25-46(39)49)44-23-11-22-42(34-44)48-33-32-43(35-50(48)40-16-5-2-6-17-40)47-26-12-20-38-18-7-9-24-45(38)47/h1-35H.